The number of carbonyl (C=O) groups is 4. The molecule has 0 aliphatic rings. The summed E-state index contributed by atoms with van der Waals surface area (Å²) in [6, 6.07) is 0. The van der Waals surface area contributed by atoms with E-state index in [1.807, 2.05) is 0 Å². The molecule has 19 heteroatoms. The summed E-state index contributed by atoms with van der Waals surface area (Å²) in [7, 11) is -9.91. The molecule has 0 saturated heterocycles. The fourth-order valence-electron chi connectivity index (χ4n) is 12.6. The van der Waals surface area contributed by atoms with Gasteiger partial charge in [-0.3, -0.25) is 37.3 Å². The second-order valence-electron chi connectivity index (χ2n) is 29.4. The zero-order valence-electron chi connectivity index (χ0n) is 65.3. The minimum Gasteiger partial charge on any atom is -0.462 e. The number of rotatable bonds is 81. The van der Waals surface area contributed by atoms with Crippen molar-refractivity contribution in [1.82, 2.24) is 0 Å². The number of esters is 4. The number of hydrogen-bond acceptors (Lipinski definition) is 15. The lowest BCUT2D eigenvalue weighted by molar-refractivity contribution is -0.161. The fourth-order valence-corrected chi connectivity index (χ4v) is 14.1. The number of unbranched alkanes of at least 4 members (excludes halogenated alkanes) is 52. The maximum atomic E-state index is 13.1. The summed E-state index contributed by atoms with van der Waals surface area (Å²) in [6.07, 6.45) is 65.3. The molecule has 0 amide bonds. The van der Waals surface area contributed by atoms with E-state index in [2.05, 4.69) is 34.6 Å². The van der Waals surface area contributed by atoms with Crippen LogP contribution in [-0.2, 0) is 65.4 Å². The molecule has 17 nitrogen and oxygen atoms in total. The van der Waals surface area contributed by atoms with Crippen LogP contribution in [-0.4, -0.2) is 96.7 Å². The zero-order valence-corrected chi connectivity index (χ0v) is 67.1. The Balaban J connectivity index is 5.17. The highest BCUT2D eigenvalue weighted by molar-refractivity contribution is 7.47. The van der Waals surface area contributed by atoms with Crippen molar-refractivity contribution in [2.45, 2.75) is 451 Å². The normalized spacial score (nSPS) is 14.1. The molecule has 0 aromatic heterocycles. The molecule has 0 rings (SSSR count). The van der Waals surface area contributed by atoms with Gasteiger partial charge in [-0.2, -0.15) is 0 Å². The lowest BCUT2D eigenvalue weighted by atomic mass is 9.99. The van der Waals surface area contributed by atoms with E-state index in [-0.39, 0.29) is 25.7 Å². The molecule has 0 bridgehead atoms. The van der Waals surface area contributed by atoms with E-state index in [1.54, 1.807) is 0 Å². The Morgan fingerprint density at radius 3 is 0.710 bits per heavy atom. The second-order valence-corrected chi connectivity index (χ2v) is 32.3. The van der Waals surface area contributed by atoms with Crippen molar-refractivity contribution in [2.24, 2.45) is 5.92 Å². The van der Waals surface area contributed by atoms with Gasteiger partial charge in [-0.25, -0.2) is 9.13 Å². The minimum atomic E-state index is -4.96. The predicted molar refractivity (Wildman–Crippen MR) is 409 cm³/mol. The Bertz CT molecular complexity index is 1910. The molecular formula is C81H158O17P2. The topological polar surface area (TPSA) is 237 Å². The molecule has 0 saturated carbocycles. The lowest BCUT2D eigenvalue weighted by Crippen LogP contribution is -2.30. The van der Waals surface area contributed by atoms with Crippen molar-refractivity contribution in [3.05, 3.63) is 0 Å². The molecule has 0 radical (unpaired) electrons. The molecule has 0 aromatic carbocycles. The average Bonchev–Trinajstić information content (AvgIpc) is 0.936. The van der Waals surface area contributed by atoms with Gasteiger partial charge in [0.1, 0.15) is 19.3 Å². The quantitative estimate of drug-likeness (QED) is 0.0222. The molecule has 100 heavy (non-hydrogen) atoms. The van der Waals surface area contributed by atoms with Gasteiger partial charge in [-0.05, 0) is 31.6 Å². The van der Waals surface area contributed by atoms with Gasteiger partial charge in [0.25, 0.3) is 0 Å². The smallest absolute Gasteiger partial charge is 0.462 e. The van der Waals surface area contributed by atoms with Gasteiger partial charge in [0.05, 0.1) is 26.4 Å². The first-order valence-electron chi connectivity index (χ1n) is 42.2. The number of carbonyl (C=O) groups excluding carboxylic acids is 4. The number of ether oxygens (including phenoxy) is 4. The van der Waals surface area contributed by atoms with Crippen molar-refractivity contribution in [3.8, 4) is 0 Å². The maximum absolute atomic E-state index is 13.1. The fraction of sp³-hybridized carbons (Fsp3) is 0.951. The van der Waals surface area contributed by atoms with Gasteiger partial charge in [0.15, 0.2) is 12.2 Å². The molecule has 3 N–H and O–H groups in total. The van der Waals surface area contributed by atoms with E-state index in [9.17, 15) is 43.2 Å². The van der Waals surface area contributed by atoms with Gasteiger partial charge in [-0.1, -0.05) is 381 Å². The Hall–Kier alpha value is -1.94. The van der Waals surface area contributed by atoms with Crippen molar-refractivity contribution < 1.29 is 80.2 Å². The van der Waals surface area contributed by atoms with Crippen LogP contribution < -0.4 is 0 Å². The Kier molecular flexibility index (Phi) is 72.5. The lowest BCUT2D eigenvalue weighted by Gasteiger charge is -2.21. The SMILES string of the molecule is CCCCCCCCCCCCCCCCCCCCC(=O)OC[C@H](COP(=O)(O)OC[C@@H](O)COP(=O)(O)OC[C@@H](COC(=O)CCCCCCCCCC)OC(=O)CCCCCCCCCCCCCC)OC(=O)CCCCCCCCCCCCCCCCCCCCC(C)CC. The zero-order chi connectivity index (χ0) is 73.4. The molecule has 0 heterocycles. The first-order valence-corrected chi connectivity index (χ1v) is 45.2. The van der Waals surface area contributed by atoms with Crippen LogP contribution in [0.1, 0.15) is 433 Å². The van der Waals surface area contributed by atoms with E-state index in [1.165, 1.54) is 250 Å². The molecular weight excluding hydrogens is 1310 g/mol. The summed E-state index contributed by atoms with van der Waals surface area (Å²) in [4.78, 5) is 72.9. The monoisotopic (exact) mass is 1470 g/mol. The van der Waals surface area contributed by atoms with Crippen LogP contribution in [0.3, 0.4) is 0 Å². The third-order valence-corrected chi connectivity index (χ3v) is 21.3. The van der Waals surface area contributed by atoms with Crippen LogP contribution in [0.5, 0.6) is 0 Å². The summed E-state index contributed by atoms with van der Waals surface area (Å²) in [6.45, 7) is 7.37. The minimum absolute atomic E-state index is 0.108. The van der Waals surface area contributed by atoms with Crippen molar-refractivity contribution >= 4 is 39.5 Å². The standard InChI is InChI=1S/C81H158O17P2/c1-6-10-13-16-19-22-24-26-27-28-32-35-38-42-45-50-55-60-65-79(84)92-71-77(98-81(86)67-62-57-52-47-43-39-36-33-30-29-31-34-37-40-44-48-53-58-63-74(5)9-4)73-96-100(89,90)94-69-75(82)68-93-99(87,88)95-72-76(70-91-78(83)64-59-54-49-21-18-15-12-8-3)97-80(85)66-61-56-51-46-41-25-23-20-17-14-11-7-2/h74-77,82H,6-73H2,1-5H3,(H,87,88)(H,89,90)/t74?,75-,76+,77+/m0/s1. The van der Waals surface area contributed by atoms with E-state index >= 15 is 0 Å². The Morgan fingerprint density at radius 1 is 0.280 bits per heavy atom. The molecule has 0 spiro atoms. The van der Waals surface area contributed by atoms with Crippen LogP contribution in [0.25, 0.3) is 0 Å². The average molecular weight is 1470 g/mol. The highest BCUT2D eigenvalue weighted by Crippen LogP contribution is 2.45. The van der Waals surface area contributed by atoms with Crippen LogP contribution in [0.15, 0.2) is 0 Å². The number of phosphoric ester groups is 2. The molecule has 594 valence electrons. The third-order valence-electron chi connectivity index (χ3n) is 19.4. The largest absolute Gasteiger partial charge is 0.472 e. The maximum Gasteiger partial charge on any atom is 0.472 e. The first-order chi connectivity index (χ1) is 48.6. The van der Waals surface area contributed by atoms with Crippen molar-refractivity contribution in [1.29, 1.82) is 0 Å². The Morgan fingerprint density at radius 2 is 0.480 bits per heavy atom. The second kappa shape index (κ2) is 73.9. The summed E-state index contributed by atoms with van der Waals surface area (Å²) >= 11 is 0. The summed E-state index contributed by atoms with van der Waals surface area (Å²) in [5.41, 5.74) is 0. The van der Waals surface area contributed by atoms with E-state index in [0.717, 1.165) is 102 Å². The first kappa shape index (κ1) is 98.1. The molecule has 0 aliphatic heterocycles. The highest BCUT2D eigenvalue weighted by atomic mass is 31.2. The van der Waals surface area contributed by atoms with E-state index < -0.39 is 97.5 Å². The summed E-state index contributed by atoms with van der Waals surface area (Å²) in [5, 5.41) is 10.6. The van der Waals surface area contributed by atoms with Crippen LogP contribution >= 0.6 is 15.6 Å². The van der Waals surface area contributed by atoms with Gasteiger partial charge in [-0.15, -0.1) is 0 Å². The van der Waals surface area contributed by atoms with Gasteiger partial charge >= 0.3 is 39.5 Å². The predicted octanol–water partition coefficient (Wildman–Crippen LogP) is 24.4. The molecule has 0 aromatic rings. The number of phosphoric acid groups is 2. The van der Waals surface area contributed by atoms with Crippen LogP contribution in [0.4, 0.5) is 0 Å². The third kappa shape index (κ3) is 73.0. The Labute approximate surface area is 613 Å². The van der Waals surface area contributed by atoms with E-state index in [4.69, 9.17) is 37.0 Å². The molecule has 0 aliphatic carbocycles. The van der Waals surface area contributed by atoms with Gasteiger partial charge in [0.2, 0.25) is 0 Å². The molecule has 3 unspecified atom stereocenters. The van der Waals surface area contributed by atoms with Gasteiger partial charge < -0.3 is 33.8 Å². The van der Waals surface area contributed by atoms with Gasteiger partial charge in [0, 0.05) is 25.7 Å². The van der Waals surface area contributed by atoms with E-state index in [0.29, 0.717) is 25.7 Å². The van der Waals surface area contributed by atoms with Crippen molar-refractivity contribution in [2.75, 3.05) is 39.6 Å². The number of aliphatic hydroxyl groups excluding tert-OH is 1. The van der Waals surface area contributed by atoms with Crippen LogP contribution in [0.2, 0.25) is 0 Å². The number of hydrogen-bond donors (Lipinski definition) is 3. The van der Waals surface area contributed by atoms with Crippen LogP contribution in [0, 0.1) is 5.92 Å². The van der Waals surface area contributed by atoms with Crippen molar-refractivity contribution in [3.63, 3.8) is 0 Å². The summed E-state index contributed by atoms with van der Waals surface area (Å²) < 4.78 is 68.6. The highest BCUT2D eigenvalue weighted by Gasteiger charge is 2.30. The molecule has 6 atom stereocenters. The summed E-state index contributed by atoms with van der Waals surface area (Å²) in [5.74, 6) is -1.24. The number of aliphatic hydroxyl groups is 1. The molecule has 0 fully saturated rings.